The number of hydrazone groups is 1. The Bertz CT molecular complexity index is 1110. The van der Waals surface area contributed by atoms with Crippen molar-refractivity contribution >= 4 is 23.7 Å². The van der Waals surface area contributed by atoms with E-state index in [-0.39, 0.29) is 30.3 Å². The highest BCUT2D eigenvalue weighted by atomic mass is 16.5. The maximum absolute atomic E-state index is 13.2. The summed E-state index contributed by atoms with van der Waals surface area (Å²) >= 11 is 0. The summed E-state index contributed by atoms with van der Waals surface area (Å²) in [6.07, 6.45) is 2.37. The fourth-order valence-corrected chi connectivity index (χ4v) is 4.07. The molecule has 2 unspecified atom stereocenters. The molecule has 2 aromatic carbocycles. The molecule has 2 heterocycles. The molecule has 0 aliphatic carbocycles. The number of amides is 2. The molecule has 0 saturated heterocycles. The minimum atomic E-state index is -0.382. The Kier molecular flexibility index (Phi) is 7.55. The fraction of sp³-hybridized carbons (Fsp3) is 0.423. The van der Waals surface area contributed by atoms with Gasteiger partial charge >= 0.3 is 0 Å². The van der Waals surface area contributed by atoms with E-state index in [4.69, 9.17) is 9.47 Å². The largest absolute Gasteiger partial charge is 0.492 e. The predicted molar refractivity (Wildman–Crippen MR) is 136 cm³/mol. The maximum Gasteiger partial charge on any atom is 0.253 e. The molecule has 0 aromatic heterocycles. The van der Waals surface area contributed by atoms with E-state index in [1.54, 1.807) is 26.2 Å². The van der Waals surface area contributed by atoms with Gasteiger partial charge < -0.3 is 30.0 Å². The van der Waals surface area contributed by atoms with Crippen molar-refractivity contribution in [1.29, 1.82) is 0 Å². The monoisotopic (exact) mass is 479 g/mol. The van der Waals surface area contributed by atoms with Crippen LogP contribution < -0.4 is 20.2 Å². The Balaban J connectivity index is 1.49. The van der Waals surface area contributed by atoms with Gasteiger partial charge in [-0.3, -0.25) is 9.59 Å². The van der Waals surface area contributed by atoms with E-state index < -0.39 is 0 Å². The molecule has 2 aliphatic heterocycles. The zero-order valence-corrected chi connectivity index (χ0v) is 20.7. The molecule has 9 heteroatoms. The highest BCUT2D eigenvalue weighted by Gasteiger charge is 2.28. The van der Waals surface area contributed by atoms with Crippen molar-refractivity contribution in [3.63, 3.8) is 0 Å². The van der Waals surface area contributed by atoms with Crippen LogP contribution in [0.4, 0.5) is 5.69 Å². The number of benzene rings is 2. The molecule has 0 saturated carbocycles. The summed E-state index contributed by atoms with van der Waals surface area (Å²) in [5.41, 5.74) is 6.11. The number of anilines is 1. The van der Waals surface area contributed by atoms with Gasteiger partial charge in [0, 0.05) is 44.9 Å². The molecule has 35 heavy (non-hydrogen) atoms. The van der Waals surface area contributed by atoms with Crippen molar-refractivity contribution < 1.29 is 19.1 Å². The first-order valence-electron chi connectivity index (χ1n) is 11.8. The summed E-state index contributed by atoms with van der Waals surface area (Å²) in [6, 6.07) is 11.2. The molecular formula is C26H33N5O4. The Morgan fingerprint density at radius 1 is 1.17 bits per heavy atom. The van der Waals surface area contributed by atoms with Crippen molar-refractivity contribution in [2.24, 2.45) is 11.0 Å². The van der Waals surface area contributed by atoms with Crippen molar-refractivity contribution in [3.8, 4) is 11.5 Å². The van der Waals surface area contributed by atoms with Gasteiger partial charge in [0.25, 0.3) is 5.91 Å². The van der Waals surface area contributed by atoms with Crippen LogP contribution in [0.25, 0.3) is 0 Å². The molecule has 2 N–H and O–H groups in total. The van der Waals surface area contributed by atoms with Crippen molar-refractivity contribution in [3.05, 3.63) is 53.1 Å². The number of fused-ring (bicyclic) bond motifs is 1. The standard InChI is InChI=1S/C26H33N5O4/c1-30(2)9-10-34-24-13-17(21-14-27-28-15-21)5-7-22(24)29-25(32)20-12-19-11-18(26(33)31(3)4)6-8-23(19)35-16-20/h5-8,11,13-14,20-21,28H,9-10,12,15-16H2,1-4H3,(H,29,32). The van der Waals surface area contributed by atoms with Crippen LogP contribution in [0.5, 0.6) is 11.5 Å². The summed E-state index contributed by atoms with van der Waals surface area (Å²) in [6.45, 7) is 2.27. The summed E-state index contributed by atoms with van der Waals surface area (Å²) in [5, 5.41) is 7.14. The van der Waals surface area contributed by atoms with Gasteiger partial charge in [0.15, 0.2) is 0 Å². The average Bonchev–Trinajstić information content (AvgIpc) is 3.38. The highest BCUT2D eigenvalue weighted by molar-refractivity contribution is 5.96. The van der Waals surface area contributed by atoms with Crippen LogP contribution in [-0.4, -0.2) is 82.3 Å². The molecule has 9 nitrogen and oxygen atoms in total. The van der Waals surface area contributed by atoms with Gasteiger partial charge in [-0.05, 0) is 62.0 Å². The molecule has 2 amide bonds. The van der Waals surface area contributed by atoms with E-state index in [0.29, 0.717) is 35.8 Å². The normalized spacial score (nSPS) is 18.4. The number of carbonyl (C=O) groups is 2. The lowest BCUT2D eigenvalue weighted by atomic mass is 9.94. The lowest BCUT2D eigenvalue weighted by Crippen LogP contribution is -2.33. The Labute approximate surface area is 206 Å². The first kappa shape index (κ1) is 24.5. The summed E-state index contributed by atoms with van der Waals surface area (Å²) in [4.78, 5) is 29.1. The topological polar surface area (TPSA) is 95.5 Å². The first-order valence-corrected chi connectivity index (χ1v) is 11.8. The molecule has 2 atom stereocenters. The van der Waals surface area contributed by atoms with E-state index in [2.05, 4.69) is 15.8 Å². The molecule has 0 bridgehead atoms. The molecule has 4 rings (SSSR count). The molecule has 2 aromatic rings. The number of likely N-dealkylation sites (N-methyl/N-ethyl adjacent to an activating group) is 1. The molecule has 2 aliphatic rings. The third-order valence-corrected chi connectivity index (χ3v) is 6.14. The number of nitrogens with zero attached hydrogens (tertiary/aromatic N) is 3. The third kappa shape index (κ3) is 5.92. The van der Waals surface area contributed by atoms with E-state index in [9.17, 15) is 9.59 Å². The van der Waals surface area contributed by atoms with Crippen LogP contribution in [0, 0.1) is 5.92 Å². The minimum absolute atomic E-state index is 0.0820. The van der Waals surface area contributed by atoms with Gasteiger partial charge in [-0.2, -0.15) is 5.10 Å². The summed E-state index contributed by atoms with van der Waals surface area (Å²) < 4.78 is 11.9. The van der Waals surface area contributed by atoms with E-state index in [1.165, 1.54) is 4.90 Å². The molecule has 0 fully saturated rings. The van der Waals surface area contributed by atoms with Crippen LogP contribution >= 0.6 is 0 Å². The van der Waals surface area contributed by atoms with Gasteiger partial charge in [0.05, 0.1) is 11.6 Å². The maximum atomic E-state index is 13.2. The van der Waals surface area contributed by atoms with Gasteiger partial charge in [-0.25, -0.2) is 0 Å². The van der Waals surface area contributed by atoms with Gasteiger partial charge in [-0.15, -0.1) is 0 Å². The zero-order chi connectivity index (χ0) is 24.9. The number of hydrogen-bond donors (Lipinski definition) is 2. The molecular weight excluding hydrogens is 446 g/mol. The Morgan fingerprint density at radius 3 is 2.71 bits per heavy atom. The molecule has 0 spiro atoms. The van der Waals surface area contributed by atoms with Crippen molar-refractivity contribution in [2.75, 3.05) is 59.8 Å². The van der Waals surface area contributed by atoms with Crippen LogP contribution in [0.1, 0.15) is 27.4 Å². The zero-order valence-electron chi connectivity index (χ0n) is 20.7. The van der Waals surface area contributed by atoms with Crippen LogP contribution in [0.2, 0.25) is 0 Å². The SMILES string of the molecule is CN(C)CCOc1cc(C2C=NNC2)ccc1NC(=O)C1COc2ccc(C(=O)N(C)C)cc2C1. The van der Waals surface area contributed by atoms with E-state index >= 15 is 0 Å². The molecule has 0 radical (unpaired) electrons. The predicted octanol–water partition coefficient (Wildman–Crippen LogP) is 2.19. The van der Waals surface area contributed by atoms with Crippen molar-refractivity contribution in [2.45, 2.75) is 12.3 Å². The minimum Gasteiger partial charge on any atom is -0.492 e. The second kappa shape index (κ2) is 10.8. The quantitative estimate of drug-likeness (QED) is 0.603. The number of carbonyl (C=O) groups excluding carboxylic acids is 2. The number of nitrogens with one attached hydrogen (secondary N) is 2. The summed E-state index contributed by atoms with van der Waals surface area (Å²) in [5.74, 6) is 0.906. The van der Waals surface area contributed by atoms with Crippen LogP contribution in [0.15, 0.2) is 41.5 Å². The number of ether oxygens (including phenoxy) is 2. The van der Waals surface area contributed by atoms with Gasteiger partial charge in [0.2, 0.25) is 5.91 Å². The van der Waals surface area contributed by atoms with Crippen LogP contribution in [-0.2, 0) is 11.2 Å². The first-order chi connectivity index (χ1) is 16.8. The number of hydrogen-bond acceptors (Lipinski definition) is 7. The smallest absolute Gasteiger partial charge is 0.253 e. The van der Waals surface area contributed by atoms with E-state index in [0.717, 1.165) is 24.2 Å². The van der Waals surface area contributed by atoms with E-state index in [1.807, 2.05) is 49.5 Å². The second-order valence-electron chi connectivity index (χ2n) is 9.38. The lowest BCUT2D eigenvalue weighted by Gasteiger charge is -2.26. The third-order valence-electron chi connectivity index (χ3n) is 6.14. The average molecular weight is 480 g/mol. The van der Waals surface area contributed by atoms with Crippen LogP contribution in [0.3, 0.4) is 0 Å². The Hall–Kier alpha value is -3.59. The molecule has 186 valence electrons. The van der Waals surface area contributed by atoms with Gasteiger partial charge in [0.1, 0.15) is 24.7 Å². The highest BCUT2D eigenvalue weighted by Crippen LogP contribution is 2.32. The fourth-order valence-electron chi connectivity index (χ4n) is 4.07. The van der Waals surface area contributed by atoms with Crippen molar-refractivity contribution in [1.82, 2.24) is 15.2 Å². The van der Waals surface area contributed by atoms with Gasteiger partial charge in [-0.1, -0.05) is 6.07 Å². The summed E-state index contributed by atoms with van der Waals surface area (Å²) in [7, 11) is 7.41. The Morgan fingerprint density at radius 2 is 2.00 bits per heavy atom. The lowest BCUT2D eigenvalue weighted by molar-refractivity contribution is -0.121. The number of rotatable bonds is 8. The second-order valence-corrected chi connectivity index (χ2v) is 9.38.